The standard InChI is InChI=1S/C17H19N5OS/c1-11-9-15(22(3)21-11)20-17(23)18-10-14-12(2)19-16(24-14)13-7-5-4-6-8-13/h4-9H,10H2,1-3H3,(H2,18,20,23). The zero-order valence-electron chi connectivity index (χ0n) is 13.8. The molecular formula is C17H19N5OS. The minimum Gasteiger partial charge on any atom is -0.333 e. The first kappa shape index (κ1) is 16.2. The van der Waals surface area contributed by atoms with E-state index in [9.17, 15) is 4.79 Å². The predicted molar refractivity (Wildman–Crippen MR) is 96.1 cm³/mol. The van der Waals surface area contributed by atoms with E-state index in [0.717, 1.165) is 26.8 Å². The Labute approximate surface area is 144 Å². The van der Waals surface area contributed by atoms with E-state index in [-0.39, 0.29) is 6.03 Å². The van der Waals surface area contributed by atoms with Gasteiger partial charge in [0.05, 0.1) is 17.9 Å². The van der Waals surface area contributed by atoms with E-state index in [1.54, 1.807) is 23.1 Å². The molecule has 0 fully saturated rings. The van der Waals surface area contributed by atoms with Gasteiger partial charge in [0, 0.05) is 23.6 Å². The first-order valence-electron chi connectivity index (χ1n) is 7.60. The summed E-state index contributed by atoms with van der Waals surface area (Å²) >= 11 is 1.60. The Morgan fingerprint density at radius 3 is 2.67 bits per heavy atom. The number of hydrogen-bond acceptors (Lipinski definition) is 4. The molecule has 0 unspecified atom stereocenters. The molecular weight excluding hydrogens is 322 g/mol. The van der Waals surface area contributed by atoms with Crippen LogP contribution in [0.4, 0.5) is 10.6 Å². The number of anilines is 1. The van der Waals surface area contributed by atoms with Crippen molar-refractivity contribution in [1.82, 2.24) is 20.1 Å². The van der Waals surface area contributed by atoms with Gasteiger partial charge in [-0.1, -0.05) is 30.3 Å². The van der Waals surface area contributed by atoms with Crippen molar-refractivity contribution in [2.24, 2.45) is 7.05 Å². The molecule has 2 heterocycles. The van der Waals surface area contributed by atoms with Crippen molar-refractivity contribution in [2.45, 2.75) is 20.4 Å². The molecule has 24 heavy (non-hydrogen) atoms. The highest BCUT2D eigenvalue weighted by Gasteiger charge is 2.11. The molecule has 6 nitrogen and oxygen atoms in total. The lowest BCUT2D eigenvalue weighted by atomic mass is 10.2. The third-order valence-corrected chi connectivity index (χ3v) is 4.77. The molecule has 2 aromatic heterocycles. The zero-order chi connectivity index (χ0) is 17.1. The number of carbonyl (C=O) groups is 1. The van der Waals surface area contributed by atoms with Gasteiger partial charge < -0.3 is 5.32 Å². The largest absolute Gasteiger partial charge is 0.333 e. The number of aromatic nitrogens is 3. The van der Waals surface area contributed by atoms with Gasteiger partial charge in [-0.2, -0.15) is 5.10 Å². The summed E-state index contributed by atoms with van der Waals surface area (Å²) in [6, 6.07) is 11.6. The Kier molecular flexibility index (Phi) is 4.61. The number of carbonyl (C=O) groups excluding carboxylic acids is 1. The van der Waals surface area contributed by atoms with Gasteiger partial charge in [0.25, 0.3) is 0 Å². The molecule has 1 aromatic carbocycles. The lowest BCUT2D eigenvalue weighted by molar-refractivity contribution is 0.251. The predicted octanol–water partition coefficient (Wildman–Crippen LogP) is 3.48. The van der Waals surface area contributed by atoms with E-state index in [4.69, 9.17) is 0 Å². The highest BCUT2D eigenvalue weighted by atomic mass is 32.1. The van der Waals surface area contributed by atoms with Crippen LogP contribution in [0.1, 0.15) is 16.3 Å². The van der Waals surface area contributed by atoms with Crippen molar-refractivity contribution in [2.75, 3.05) is 5.32 Å². The molecule has 0 aliphatic carbocycles. The third kappa shape index (κ3) is 3.62. The fraction of sp³-hybridized carbons (Fsp3) is 0.235. The van der Waals surface area contributed by atoms with Crippen LogP contribution in [0.15, 0.2) is 36.4 Å². The van der Waals surface area contributed by atoms with Crippen molar-refractivity contribution in [3.05, 3.63) is 52.7 Å². The molecule has 0 atom stereocenters. The van der Waals surface area contributed by atoms with Crippen LogP contribution in [-0.2, 0) is 13.6 Å². The molecule has 2 N–H and O–H groups in total. The number of nitrogens with zero attached hydrogens (tertiary/aromatic N) is 3. The van der Waals surface area contributed by atoms with E-state index in [1.807, 2.05) is 50.2 Å². The number of rotatable bonds is 4. The molecule has 0 aliphatic rings. The normalized spacial score (nSPS) is 10.6. The second-order valence-electron chi connectivity index (χ2n) is 5.50. The van der Waals surface area contributed by atoms with Gasteiger partial charge in [-0.3, -0.25) is 10.00 Å². The van der Waals surface area contributed by atoms with Crippen molar-refractivity contribution in [3.63, 3.8) is 0 Å². The van der Waals surface area contributed by atoms with Crippen LogP contribution >= 0.6 is 11.3 Å². The van der Waals surface area contributed by atoms with Crippen LogP contribution in [0.25, 0.3) is 10.6 Å². The smallest absolute Gasteiger partial charge is 0.320 e. The second kappa shape index (κ2) is 6.84. The van der Waals surface area contributed by atoms with Crippen molar-refractivity contribution in [1.29, 1.82) is 0 Å². The first-order valence-corrected chi connectivity index (χ1v) is 8.42. The van der Waals surface area contributed by atoms with Gasteiger partial charge in [0.1, 0.15) is 10.8 Å². The topological polar surface area (TPSA) is 71.8 Å². The summed E-state index contributed by atoms with van der Waals surface area (Å²) in [6.07, 6.45) is 0. The highest BCUT2D eigenvalue weighted by molar-refractivity contribution is 7.15. The highest BCUT2D eigenvalue weighted by Crippen LogP contribution is 2.27. The molecule has 124 valence electrons. The minimum absolute atomic E-state index is 0.257. The molecule has 0 saturated carbocycles. The van der Waals surface area contributed by atoms with E-state index < -0.39 is 0 Å². The maximum absolute atomic E-state index is 12.1. The van der Waals surface area contributed by atoms with E-state index in [0.29, 0.717) is 12.4 Å². The number of thiazole rings is 1. The van der Waals surface area contributed by atoms with Crippen LogP contribution in [0, 0.1) is 13.8 Å². The minimum atomic E-state index is -0.257. The monoisotopic (exact) mass is 341 g/mol. The van der Waals surface area contributed by atoms with Gasteiger partial charge in [-0.25, -0.2) is 9.78 Å². The summed E-state index contributed by atoms with van der Waals surface area (Å²) < 4.78 is 1.64. The maximum Gasteiger partial charge on any atom is 0.320 e. The average molecular weight is 341 g/mol. The Hall–Kier alpha value is -2.67. The number of amides is 2. The quantitative estimate of drug-likeness (QED) is 0.763. The fourth-order valence-electron chi connectivity index (χ4n) is 2.34. The SMILES string of the molecule is Cc1cc(NC(=O)NCc2sc(-c3ccccc3)nc2C)n(C)n1. The number of benzene rings is 1. The summed E-state index contributed by atoms with van der Waals surface area (Å²) in [5.74, 6) is 0.663. The number of urea groups is 1. The van der Waals surface area contributed by atoms with Crippen molar-refractivity contribution >= 4 is 23.2 Å². The molecule has 3 rings (SSSR count). The van der Waals surface area contributed by atoms with Gasteiger partial charge in [-0.15, -0.1) is 11.3 Å². The maximum atomic E-state index is 12.1. The Balaban J connectivity index is 1.63. The molecule has 0 aliphatic heterocycles. The summed E-state index contributed by atoms with van der Waals surface area (Å²) in [5.41, 5.74) is 2.89. The van der Waals surface area contributed by atoms with Gasteiger partial charge in [0.15, 0.2) is 0 Å². The summed E-state index contributed by atoms with van der Waals surface area (Å²) in [6.45, 7) is 4.29. The molecule has 0 saturated heterocycles. The Morgan fingerprint density at radius 1 is 1.25 bits per heavy atom. The summed E-state index contributed by atoms with van der Waals surface area (Å²) in [5, 5.41) is 10.8. The van der Waals surface area contributed by atoms with Crippen LogP contribution in [0.2, 0.25) is 0 Å². The van der Waals surface area contributed by atoms with Crippen LogP contribution < -0.4 is 10.6 Å². The third-order valence-electron chi connectivity index (χ3n) is 3.57. The van der Waals surface area contributed by atoms with E-state index in [2.05, 4.69) is 20.7 Å². The molecule has 0 radical (unpaired) electrons. The Morgan fingerprint density at radius 2 is 2.00 bits per heavy atom. The number of nitrogens with one attached hydrogen (secondary N) is 2. The van der Waals surface area contributed by atoms with Crippen molar-refractivity contribution in [3.8, 4) is 10.6 Å². The van der Waals surface area contributed by atoms with Gasteiger partial charge in [0.2, 0.25) is 0 Å². The summed E-state index contributed by atoms with van der Waals surface area (Å²) in [7, 11) is 1.79. The summed E-state index contributed by atoms with van der Waals surface area (Å²) in [4.78, 5) is 17.7. The van der Waals surface area contributed by atoms with Crippen LogP contribution in [-0.4, -0.2) is 20.8 Å². The molecule has 3 aromatic rings. The van der Waals surface area contributed by atoms with Crippen molar-refractivity contribution < 1.29 is 4.79 Å². The fourth-order valence-corrected chi connectivity index (χ4v) is 3.35. The lowest BCUT2D eigenvalue weighted by Gasteiger charge is -2.06. The van der Waals surface area contributed by atoms with E-state index >= 15 is 0 Å². The number of aryl methyl sites for hydroxylation is 3. The molecule has 7 heteroatoms. The van der Waals surface area contributed by atoms with Crippen LogP contribution in [0.3, 0.4) is 0 Å². The number of hydrogen-bond donors (Lipinski definition) is 2. The van der Waals surface area contributed by atoms with Gasteiger partial charge in [-0.05, 0) is 13.8 Å². The van der Waals surface area contributed by atoms with Gasteiger partial charge >= 0.3 is 6.03 Å². The average Bonchev–Trinajstić information content (AvgIpc) is 3.08. The second-order valence-corrected chi connectivity index (χ2v) is 6.58. The molecule has 0 bridgehead atoms. The van der Waals surface area contributed by atoms with Crippen LogP contribution in [0.5, 0.6) is 0 Å². The first-order chi connectivity index (χ1) is 11.5. The zero-order valence-corrected chi connectivity index (χ0v) is 14.6. The molecule has 0 spiro atoms. The Bertz CT molecular complexity index is 853. The molecule has 2 amide bonds. The lowest BCUT2D eigenvalue weighted by Crippen LogP contribution is -2.28. The van der Waals surface area contributed by atoms with E-state index in [1.165, 1.54) is 0 Å².